The van der Waals surface area contributed by atoms with Gasteiger partial charge in [-0.15, -0.1) is 0 Å². The van der Waals surface area contributed by atoms with Gasteiger partial charge in [0.05, 0.1) is 12.7 Å². The molecule has 0 fully saturated rings. The van der Waals surface area contributed by atoms with Gasteiger partial charge in [0.2, 0.25) is 5.91 Å². The number of hydrogen-bond donors (Lipinski definition) is 1. The van der Waals surface area contributed by atoms with Gasteiger partial charge < -0.3 is 14.5 Å². The summed E-state index contributed by atoms with van der Waals surface area (Å²) in [5.74, 6) is -0.196. The predicted molar refractivity (Wildman–Crippen MR) is 86.7 cm³/mol. The lowest BCUT2D eigenvalue weighted by atomic mass is 10.1. The summed E-state index contributed by atoms with van der Waals surface area (Å²) >= 11 is 0. The van der Waals surface area contributed by atoms with Crippen molar-refractivity contribution in [3.8, 4) is 11.3 Å². The van der Waals surface area contributed by atoms with Crippen molar-refractivity contribution in [3.05, 3.63) is 48.0 Å². The lowest BCUT2D eigenvalue weighted by Crippen LogP contribution is -2.50. The molecule has 1 aromatic heterocycles. The maximum absolute atomic E-state index is 13.7. The molecule has 128 valence electrons. The molecule has 2 aromatic rings. The summed E-state index contributed by atoms with van der Waals surface area (Å²) < 4.78 is 23.9. The molecule has 24 heavy (non-hydrogen) atoms. The number of esters is 1. The normalized spacial score (nSPS) is 11.2. The zero-order valence-electron chi connectivity index (χ0n) is 13.9. The molecule has 0 saturated carbocycles. The number of rotatable bonds is 6. The zero-order chi connectivity index (χ0) is 17.7. The zero-order valence-corrected chi connectivity index (χ0v) is 13.9. The average molecular weight is 333 g/mol. The molecule has 0 atom stereocenters. The van der Waals surface area contributed by atoms with Crippen LogP contribution >= 0.6 is 0 Å². The molecule has 2 rings (SSSR count). The second-order valence-corrected chi connectivity index (χ2v) is 5.91. The molecule has 0 unspecified atom stereocenters. The predicted octanol–water partition coefficient (Wildman–Crippen LogP) is 3.09. The third-order valence-corrected chi connectivity index (χ3v) is 3.55. The van der Waals surface area contributed by atoms with Gasteiger partial charge in [0.1, 0.15) is 22.9 Å². The van der Waals surface area contributed by atoms with Gasteiger partial charge in [-0.2, -0.15) is 0 Å². The average Bonchev–Trinajstić information content (AvgIpc) is 3.01. The summed E-state index contributed by atoms with van der Waals surface area (Å²) in [4.78, 5) is 23.5. The Bertz CT molecular complexity index is 736. The number of methoxy groups -OCH3 is 1. The standard InChI is InChI=1S/C18H20FNO4/c1-18(2,17(22)23-3)20-16(21)11-9-12-8-10-15(24-12)13-6-4-5-7-14(13)19/h4-8,10H,9,11H2,1-3H3,(H,20,21). The molecule has 5 nitrogen and oxygen atoms in total. The fraction of sp³-hybridized carbons (Fsp3) is 0.333. The van der Waals surface area contributed by atoms with Gasteiger partial charge in [0.15, 0.2) is 0 Å². The molecular weight excluding hydrogens is 313 g/mol. The highest BCUT2D eigenvalue weighted by atomic mass is 19.1. The smallest absolute Gasteiger partial charge is 0.330 e. The topological polar surface area (TPSA) is 68.5 Å². The molecule has 0 bridgehead atoms. The van der Waals surface area contributed by atoms with E-state index in [1.54, 1.807) is 44.2 Å². The first-order valence-corrected chi connectivity index (χ1v) is 7.56. The van der Waals surface area contributed by atoms with Gasteiger partial charge in [-0.1, -0.05) is 12.1 Å². The molecule has 0 saturated heterocycles. The number of carbonyl (C=O) groups is 2. The molecule has 1 N–H and O–H groups in total. The van der Waals surface area contributed by atoms with Crippen molar-refractivity contribution in [1.29, 1.82) is 0 Å². The first kappa shape index (κ1) is 17.7. The number of aryl methyl sites for hydroxylation is 1. The number of nitrogens with one attached hydrogen (secondary N) is 1. The third-order valence-electron chi connectivity index (χ3n) is 3.55. The first-order valence-electron chi connectivity index (χ1n) is 7.56. The number of amides is 1. The molecule has 0 aliphatic rings. The van der Waals surface area contributed by atoms with Crippen molar-refractivity contribution in [1.82, 2.24) is 5.32 Å². The number of halogens is 1. The van der Waals surface area contributed by atoms with Gasteiger partial charge in [-0.05, 0) is 38.1 Å². The number of benzene rings is 1. The van der Waals surface area contributed by atoms with E-state index in [0.717, 1.165) is 0 Å². The minimum atomic E-state index is -1.09. The maximum Gasteiger partial charge on any atom is 0.330 e. The van der Waals surface area contributed by atoms with E-state index < -0.39 is 11.5 Å². The molecular formula is C18H20FNO4. The van der Waals surface area contributed by atoms with Crippen LogP contribution in [0.2, 0.25) is 0 Å². The fourth-order valence-corrected chi connectivity index (χ4v) is 2.27. The monoisotopic (exact) mass is 333 g/mol. The highest BCUT2D eigenvalue weighted by Gasteiger charge is 2.30. The number of carbonyl (C=O) groups excluding carboxylic acids is 2. The van der Waals surface area contributed by atoms with Gasteiger partial charge in [0.25, 0.3) is 0 Å². The summed E-state index contributed by atoms with van der Waals surface area (Å²) in [5, 5.41) is 2.61. The summed E-state index contributed by atoms with van der Waals surface area (Å²) in [6.45, 7) is 3.14. The van der Waals surface area contributed by atoms with E-state index in [0.29, 0.717) is 23.5 Å². The van der Waals surface area contributed by atoms with Crippen molar-refractivity contribution in [2.24, 2.45) is 0 Å². The van der Waals surface area contributed by atoms with Crippen LogP contribution in [0.5, 0.6) is 0 Å². The lowest BCUT2D eigenvalue weighted by Gasteiger charge is -2.22. The van der Waals surface area contributed by atoms with Gasteiger partial charge in [-0.25, -0.2) is 9.18 Å². The Hall–Kier alpha value is -2.63. The van der Waals surface area contributed by atoms with E-state index in [-0.39, 0.29) is 18.1 Å². The second-order valence-electron chi connectivity index (χ2n) is 5.91. The van der Waals surface area contributed by atoms with E-state index in [1.807, 2.05) is 0 Å². The third kappa shape index (κ3) is 4.22. The molecule has 1 heterocycles. The number of ether oxygens (including phenoxy) is 1. The summed E-state index contributed by atoms with van der Waals surface area (Å²) in [6.07, 6.45) is 0.488. The first-order chi connectivity index (χ1) is 11.3. The van der Waals surface area contributed by atoms with Crippen LogP contribution in [0.4, 0.5) is 4.39 Å². The molecule has 0 spiro atoms. The molecule has 1 amide bonds. The van der Waals surface area contributed by atoms with Crippen LogP contribution in [-0.4, -0.2) is 24.5 Å². The van der Waals surface area contributed by atoms with Crippen molar-refractivity contribution in [2.75, 3.05) is 7.11 Å². The second kappa shape index (κ2) is 7.29. The van der Waals surface area contributed by atoms with Gasteiger partial charge in [0, 0.05) is 12.8 Å². The van der Waals surface area contributed by atoms with Crippen molar-refractivity contribution >= 4 is 11.9 Å². The minimum Gasteiger partial charge on any atom is -0.467 e. The summed E-state index contributed by atoms with van der Waals surface area (Å²) in [6, 6.07) is 9.70. The van der Waals surface area contributed by atoms with E-state index in [1.165, 1.54) is 13.2 Å². The van der Waals surface area contributed by atoms with Gasteiger partial charge >= 0.3 is 5.97 Å². The van der Waals surface area contributed by atoms with Crippen molar-refractivity contribution in [3.63, 3.8) is 0 Å². The Morgan fingerprint density at radius 2 is 1.92 bits per heavy atom. The van der Waals surface area contributed by atoms with Crippen LogP contribution in [0.1, 0.15) is 26.0 Å². The van der Waals surface area contributed by atoms with Crippen LogP contribution in [-0.2, 0) is 20.7 Å². The fourth-order valence-electron chi connectivity index (χ4n) is 2.27. The minimum absolute atomic E-state index is 0.144. The van der Waals surface area contributed by atoms with Crippen LogP contribution in [0.25, 0.3) is 11.3 Å². The van der Waals surface area contributed by atoms with Crippen LogP contribution < -0.4 is 5.32 Å². The van der Waals surface area contributed by atoms with E-state index in [2.05, 4.69) is 10.1 Å². The Morgan fingerprint density at radius 1 is 1.21 bits per heavy atom. The SMILES string of the molecule is COC(=O)C(C)(C)NC(=O)CCc1ccc(-c2ccccc2F)o1. The highest BCUT2D eigenvalue weighted by molar-refractivity contribution is 5.87. The molecule has 1 aromatic carbocycles. The van der Waals surface area contributed by atoms with E-state index in [4.69, 9.17) is 4.42 Å². The largest absolute Gasteiger partial charge is 0.467 e. The maximum atomic E-state index is 13.7. The van der Waals surface area contributed by atoms with Crippen molar-refractivity contribution < 1.29 is 23.1 Å². The van der Waals surface area contributed by atoms with Crippen LogP contribution in [0.15, 0.2) is 40.8 Å². The summed E-state index contributed by atoms with van der Waals surface area (Å²) in [5.41, 5.74) is -0.715. The Labute approximate surface area is 139 Å². The highest BCUT2D eigenvalue weighted by Crippen LogP contribution is 2.25. The lowest BCUT2D eigenvalue weighted by molar-refractivity contribution is -0.149. The molecule has 0 aliphatic heterocycles. The Kier molecular flexibility index (Phi) is 5.39. The quantitative estimate of drug-likeness (QED) is 0.825. The molecule has 6 heteroatoms. The summed E-state index contributed by atoms with van der Waals surface area (Å²) in [7, 11) is 1.27. The van der Waals surface area contributed by atoms with Crippen molar-refractivity contribution in [2.45, 2.75) is 32.2 Å². The van der Waals surface area contributed by atoms with Crippen LogP contribution in [0.3, 0.4) is 0 Å². The molecule has 0 aliphatic carbocycles. The number of furan rings is 1. The Morgan fingerprint density at radius 3 is 2.58 bits per heavy atom. The molecule has 0 radical (unpaired) electrons. The number of hydrogen-bond acceptors (Lipinski definition) is 4. The van der Waals surface area contributed by atoms with E-state index >= 15 is 0 Å². The van der Waals surface area contributed by atoms with Crippen LogP contribution in [0, 0.1) is 5.82 Å². The van der Waals surface area contributed by atoms with Gasteiger partial charge in [-0.3, -0.25) is 4.79 Å². The Balaban J connectivity index is 1.95. The van der Waals surface area contributed by atoms with E-state index in [9.17, 15) is 14.0 Å².